The van der Waals surface area contributed by atoms with Crippen molar-refractivity contribution in [3.63, 3.8) is 0 Å². The molecule has 0 bridgehead atoms. The molecular formula is C23H38N4O4S. The Kier molecular flexibility index (Phi) is 8.76. The molecule has 0 unspecified atom stereocenters. The second-order valence-electron chi connectivity index (χ2n) is 9.29. The van der Waals surface area contributed by atoms with Crippen LogP contribution in [-0.2, 0) is 14.8 Å². The summed E-state index contributed by atoms with van der Waals surface area (Å²) in [5.74, 6) is 2.93. The standard InChI is InChI=1S/C23H38N4O4S/c1-4-15-32(29,30)27-13-11-25(12-14-27)22-6-5-21(17-24-22)31-18-20-7-9-26(10-8-20)23(28)16-19(2)3/h5-6,17,19-20H,4,7-16,18H2,1-3H3. The SMILES string of the molecule is CCCS(=O)(=O)N1CCN(c2ccc(OCC3CCN(C(=O)CC(C)C)CC3)cn2)CC1. The van der Waals surface area contributed by atoms with Crippen LogP contribution >= 0.6 is 0 Å². The number of ether oxygens (including phenoxy) is 1. The molecule has 2 saturated heterocycles. The zero-order valence-electron chi connectivity index (χ0n) is 19.7. The Morgan fingerprint density at radius 2 is 1.81 bits per heavy atom. The number of hydrogen-bond donors (Lipinski definition) is 0. The lowest BCUT2D eigenvalue weighted by molar-refractivity contribution is -0.133. The molecule has 1 aromatic heterocycles. The first-order valence-electron chi connectivity index (χ1n) is 11.9. The molecule has 32 heavy (non-hydrogen) atoms. The van der Waals surface area contributed by atoms with Gasteiger partial charge in [-0.25, -0.2) is 13.4 Å². The second-order valence-corrected chi connectivity index (χ2v) is 11.4. The maximum Gasteiger partial charge on any atom is 0.222 e. The first kappa shape index (κ1) is 24.8. The zero-order chi connectivity index (χ0) is 23.1. The van der Waals surface area contributed by atoms with Gasteiger partial charge in [0.25, 0.3) is 0 Å². The molecule has 1 amide bonds. The first-order chi connectivity index (χ1) is 15.3. The Morgan fingerprint density at radius 3 is 2.38 bits per heavy atom. The molecule has 9 heteroatoms. The Morgan fingerprint density at radius 1 is 1.12 bits per heavy atom. The van der Waals surface area contributed by atoms with Crippen LogP contribution in [0.5, 0.6) is 5.75 Å². The van der Waals surface area contributed by atoms with Crippen molar-refractivity contribution >= 4 is 21.7 Å². The molecule has 2 aliphatic rings. The summed E-state index contributed by atoms with van der Waals surface area (Å²) < 4.78 is 32.0. The highest BCUT2D eigenvalue weighted by atomic mass is 32.2. The molecule has 0 spiro atoms. The van der Waals surface area contributed by atoms with E-state index in [4.69, 9.17) is 4.74 Å². The maximum atomic E-state index is 12.2. The lowest BCUT2D eigenvalue weighted by Crippen LogP contribution is -2.49. The van der Waals surface area contributed by atoms with Gasteiger partial charge in [0.1, 0.15) is 11.6 Å². The van der Waals surface area contributed by atoms with Crippen LogP contribution in [-0.4, -0.2) is 80.1 Å². The van der Waals surface area contributed by atoms with E-state index in [1.54, 1.807) is 10.5 Å². The minimum absolute atomic E-state index is 0.213. The van der Waals surface area contributed by atoms with Gasteiger partial charge in [0.05, 0.1) is 18.6 Å². The predicted molar refractivity (Wildman–Crippen MR) is 126 cm³/mol. The van der Waals surface area contributed by atoms with Crippen molar-refractivity contribution in [3.8, 4) is 5.75 Å². The highest BCUT2D eigenvalue weighted by molar-refractivity contribution is 7.89. The molecule has 1 aromatic rings. The summed E-state index contributed by atoms with van der Waals surface area (Å²) in [5, 5.41) is 0. The van der Waals surface area contributed by atoms with Crippen LogP contribution in [0.2, 0.25) is 0 Å². The molecular weight excluding hydrogens is 428 g/mol. The number of carbonyl (C=O) groups excluding carboxylic acids is 1. The normalized spacial score (nSPS) is 18.9. The van der Waals surface area contributed by atoms with Gasteiger partial charge in [-0.1, -0.05) is 20.8 Å². The Hall–Kier alpha value is -1.87. The molecule has 0 aromatic carbocycles. The molecule has 180 valence electrons. The fourth-order valence-electron chi connectivity index (χ4n) is 4.27. The summed E-state index contributed by atoms with van der Waals surface area (Å²) in [4.78, 5) is 20.8. The highest BCUT2D eigenvalue weighted by Gasteiger charge is 2.27. The summed E-state index contributed by atoms with van der Waals surface area (Å²) in [6, 6.07) is 3.88. The van der Waals surface area contributed by atoms with Crippen LogP contribution in [0, 0.1) is 11.8 Å². The van der Waals surface area contributed by atoms with Gasteiger partial charge < -0.3 is 14.5 Å². The zero-order valence-corrected chi connectivity index (χ0v) is 20.5. The first-order valence-corrected chi connectivity index (χ1v) is 13.5. The van der Waals surface area contributed by atoms with E-state index in [0.717, 1.165) is 37.5 Å². The van der Waals surface area contributed by atoms with Gasteiger partial charge in [0, 0.05) is 45.7 Å². The Bertz CT molecular complexity index is 828. The van der Waals surface area contributed by atoms with Gasteiger partial charge in [0.2, 0.25) is 15.9 Å². The van der Waals surface area contributed by atoms with E-state index in [9.17, 15) is 13.2 Å². The number of amides is 1. The van der Waals surface area contributed by atoms with Crippen molar-refractivity contribution in [1.82, 2.24) is 14.2 Å². The number of sulfonamides is 1. The van der Waals surface area contributed by atoms with Crippen LogP contribution in [0.25, 0.3) is 0 Å². The number of pyridine rings is 1. The molecule has 2 aliphatic heterocycles. The van der Waals surface area contributed by atoms with Gasteiger partial charge >= 0.3 is 0 Å². The van der Waals surface area contributed by atoms with Crippen LogP contribution < -0.4 is 9.64 Å². The number of piperidine rings is 1. The molecule has 0 radical (unpaired) electrons. The van der Waals surface area contributed by atoms with Gasteiger partial charge in [-0.3, -0.25) is 4.79 Å². The number of piperazine rings is 1. The monoisotopic (exact) mass is 466 g/mol. The minimum Gasteiger partial charge on any atom is -0.492 e. The van der Waals surface area contributed by atoms with E-state index < -0.39 is 10.0 Å². The highest BCUT2D eigenvalue weighted by Crippen LogP contribution is 2.22. The molecule has 0 atom stereocenters. The lowest BCUT2D eigenvalue weighted by Gasteiger charge is -2.34. The summed E-state index contributed by atoms with van der Waals surface area (Å²) >= 11 is 0. The van der Waals surface area contributed by atoms with Crippen molar-refractivity contribution in [2.45, 2.75) is 46.5 Å². The molecule has 2 fully saturated rings. The van der Waals surface area contributed by atoms with Crippen molar-refractivity contribution in [1.29, 1.82) is 0 Å². The third-order valence-electron chi connectivity index (χ3n) is 6.17. The molecule has 0 saturated carbocycles. The number of hydrogen-bond acceptors (Lipinski definition) is 6. The predicted octanol–water partition coefficient (Wildman–Crippen LogP) is 2.61. The number of carbonyl (C=O) groups is 1. The number of rotatable bonds is 9. The summed E-state index contributed by atoms with van der Waals surface area (Å²) in [6.07, 6.45) is 4.96. The average Bonchev–Trinajstić information content (AvgIpc) is 2.78. The smallest absolute Gasteiger partial charge is 0.222 e. The van der Waals surface area contributed by atoms with Crippen molar-refractivity contribution < 1.29 is 17.9 Å². The molecule has 3 rings (SSSR count). The number of nitrogens with zero attached hydrogens (tertiary/aromatic N) is 4. The van der Waals surface area contributed by atoms with E-state index in [1.165, 1.54) is 0 Å². The summed E-state index contributed by atoms with van der Waals surface area (Å²) in [7, 11) is -3.13. The van der Waals surface area contributed by atoms with E-state index >= 15 is 0 Å². The third kappa shape index (κ3) is 6.81. The lowest BCUT2D eigenvalue weighted by atomic mass is 9.97. The summed E-state index contributed by atoms with van der Waals surface area (Å²) in [5.41, 5.74) is 0. The fraction of sp³-hybridized carbons (Fsp3) is 0.739. The number of likely N-dealkylation sites (tertiary alicyclic amines) is 1. The number of aromatic nitrogens is 1. The van der Waals surface area contributed by atoms with Gasteiger partial charge in [-0.15, -0.1) is 0 Å². The van der Waals surface area contributed by atoms with Crippen LogP contribution in [0.3, 0.4) is 0 Å². The average molecular weight is 467 g/mol. The van der Waals surface area contributed by atoms with Crippen molar-refractivity contribution in [2.75, 3.05) is 56.5 Å². The van der Waals surface area contributed by atoms with E-state index in [2.05, 4.69) is 23.7 Å². The van der Waals surface area contributed by atoms with E-state index in [-0.39, 0.29) is 11.7 Å². The molecule has 8 nitrogen and oxygen atoms in total. The van der Waals surface area contributed by atoms with Crippen molar-refractivity contribution in [2.24, 2.45) is 11.8 Å². The summed E-state index contributed by atoms with van der Waals surface area (Å²) in [6.45, 7) is 10.6. The van der Waals surface area contributed by atoms with E-state index in [1.807, 2.05) is 24.0 Å². The van der Waals surface area contributed by atoms with Crippen LogP contribution in [0.1, 0.15) is 46.5 Å². The molecule has 3 heterocycles. The molecule has 0 N–H and O–H groups in total. The van der Waals surface area contributed by atoms with Crippen molar-refractivity contribution in [3.05, 3.63) is 18.3 Å². The van der Waals surface area contributed by atoms with Gasteiger partial charge in [0.15, 0.2) is 0 Å². The third-order valence-corrected chi connectivity index (χ3v) is 8.25. The second kappa shape index (κ2) is 11.3. The fourth-order valence-corrected chi connectivity index (χ4v) is 5.76. The Labute approximate surface area is 193 Å². The van der Waals surface area contributed by atoms with Crippen LogP contribution in [0.4, 0.5) is 5.82 Å². The van der Waals surface area contributed by atoms with E-state index in [0.29, 0.717) is 57.5 Å². The minimum atomic E-state index is -3.13. The van der Waals surface area contributed by atoms with Crippen LogP contribution in [0.15, 0.2) is 18.3 Å². The largest absolute Gasteiger partial charge is 0.492 e. The van der Waals surface area contributed by atoms with Gasteiger partial charge in [-0.05, 0) is 43.2 Å². The quantitative estimate of drug-likeness (QED) is 0.556. The Balaban J connectivity index is 1.41. The molecule has 0 aliphatic carbocycles. The number of anilines is 1. The topological polar surface area (TPSA) is 83.1 Å². The van der Waals surface area contributed by atoms with Gasteiger partial charge in [-0.2, -0.15) is 4.31 Å². The maximum absolute atomic E-state index is 12.2.